The van der Waals surface area contributed by atoms with Gasteiger partial charge in [-0.1, -0.05) is 48.0 Å². The fraction of sp³-hybridized carbons (Fsp3) is 0.316. The molecule has 0 heterocycles. The molecule has 0 radical (unpaired) electrons. The van der Waals surface area contributed by atoms with Gasteiger partial charge in [0.1, 0.15) is 0 Å². The van der Waals surface area contributed by atoms with E-state index in [9.17, 15) is 8.42 Å². The minimum absolute atomic E-state index is 0.208. The Hall–Kier alpha value is -2.16. The molecular formula is C19H21NO3S. The van der Waals surface area contributed by atoms with Gasteiger partial charge in [0.25, 0.3) is 9.84 Å². The Morgan fingerprint density at radius 3 is 2.38 bits per heavy atom. The number of benzene rings is 2. The van der Waals surface area contributed by atoms with Gasteiger partial charge in [-0.2, -0.15) is 0 Å². The maximum atomic E-state index is 12.5. The molecule has 24 heavy (non-hydrogen) atoms. The third-order valence-electron chi connectivity index (χ3n) is 3.70. The van der Waals surface area contributed by atoms with Gasteiger partial charge in [0.05, 0.1) is 11.5 Å². The summed E-state index contributed by atoms with van der Waals surface area (Å²) in [5.41, 5.74) is 2.06. The molecule has 126 valence electrons. The van der Waals surface area contributed by atoms with Crippen molar-refractivity contribution in [3.05, 3.63) is 77.1 Å². The zero-order chi connectivity index (χ0) is 17.4. The van der Waals surface area contributed by atoms with Crippen LogP contribution in [0.1, 0.15) is 24.0 Å². The molecule has 0 aromatic heterocycles. The zero-order valence-electron chi connectivity index (χ0n) is 13.7. The van der Waals surface area contributed by atoms with E-state index in [1.54, 1.807) is 24.3 Å². The maximum Gasteiger partial charge on any atom is 0.325 e. The van der Waals surface area contributed by atoms with E-state index in [1.807, 2.05) is 37.3 Å². The monoisotopic (exact) mass is 343 g/mol. The topological polar surface area (TPSA) is 47.7 Å². The molecule has 1 atom stereocenters. The molecular weight excluding hydrogens is 322 g/mol. The Labute approximate surface area is 143 Å². The second-order valence-electron chi connectivity index (χ2n) is 5.62. The first-order chi connectivity index (χ1) is 11.5. The van der Waals surface area contributed by atoms with Crippen molar-refractivity contribution in [3.63, 3.8) is 0 Å². The number of sulfone groups is 1. The van der Waals surface area contributed by atoms with Gasteiger partial charge in [-0.15, -0.1) is 0 Å². The van der Waals surface area contributed by atoms with Gasteiger partial charge in [0.2, 0.25) is 0 Å². The largest absolute Gasteiger partial charge is 0.377 e. The highest BCUT2D eigenvalue weighted by Crippen LogP contribution is 2.21. The van der Waals surface area contributed by atoms with Crippen LogP contribution in [0.5, 0.6) is 0 Å². The lowest BCUT2D eigenvalue weighted by Gasteiger charge is -2.08. The number of hydrogen-bond donors (Lipinski definition) is 0. The molecule has 5 heteroatoms. The predicted molar refractivity (Wildman–Crippen MR) is 94.1 cm³/mol. The Kier molecular flexibility index (Phi) is 6.53. The van der Waals surface area contributed by atoms with Crippen LogP contribution < -0.4 is 0 Å². The van der Waals surface area contributed by atoms with E-state index in [0.717, 1.165) is 11.1 Å². The van der Waals surface area contributed by atoms with E-state index in [-0.39, 0.29) is 11.3 Å². The number of hydrogen-bond acceptors (Lipinski definition) is 3. The molecule has 0 aliphatic carbocycles. The van der Waals surface area contributed by atoms with Crippen molar-refractivity contribution in [2.75, 3.05) is 6.61 Å². The normalized spacial score (nSPS) is 12.5. The highest BCUT2D eigenvalue weighted by molar-refractivity contribution is 7.92. The molecule has 0 spiro atoms. The van der Waals surface area contributed by atoms with E-state index in [4.69, 9.17) is 11.3 Å². The van der Waals surface area contributed by atoms with E-state index >= 15 is 0 Å². The minimum Gasteiger partial charge on any atom is -0.377 e. The third-order valence-corrected chi connectivity index (χ3v) is 5.69. The number of nitrogens with zero attached hydrogens (tertiary/aromatic N) is 1. The van der Waals surface area contributed by atoms with Gasteiger partial charge >= 0.3 is 5.37 Å². The fourth-order valence-electron chi connectivity index (χ4n) is 2.30. The Bertz CT molecular complexity index is 778. The molecule has 0 aliphatic heterocycles. The molecule has 0 amide bonds. The molecule has 0 bridgehead atoms. The van der Waals surface area contributed by atoms with Crippen LogP contribution >= 0.6 is 0 Å². The Balaban J connectivity index is 1.85. The van der Waals surface area contributed by atoms with Crippen LogP contribution in [0.25, 0.3) is 4.85 Å². The average Bonchev–Trinajstić information content (AvgIpc) is 2.59. The summed E-state index contributed by atoms with van der Waals surface area (Å²) in [5.74, 6) is 0. The van der Waals surface area contributed by atoms with E-state index in [2.05, 4.69) is 4.85 Å². The van der Waals surface area contributed by atoms with Crippen molar-refractivity contribution in [3.8, 4) is 0 Å². The first kappa shape index (κ1) is 18.2. The summed E-state index contributed by atoms with van der Waals surface area (Å²) in [6.07, 6.45) is 0.805. The van der Waals surface area contributed by atoms with Crippen molar-refractivity contribution < 1.29 is 13.2 Å². The summed E-state index contributed by atoms with van der Waals surface area (Å²) in [6.45, 7) is 10.1. The van der Waals surface area contributed by atoms with E-state index < -0.39 is 15.2 Å². The first-order valence-electron chi connectivity index (χ1n) is 7.83. The lowest BCUT2D eigenvalue weighted by molar-refractivity contribution is 0.117. The Morgan fingerprint density at radius 1 is 1.08 bits per heavy atom. The van der Waals surface area contributed by atoms with Gasteiger partial charge in [-0.05, 0) is 31.0 Å². The highest BCUT2D eigenvalue weighted by Gasteiger charge is 2.31. The summed E-state index contributed by atoms with van der Waals surface area (Å²) < 4.78 is 30.6. The van der Waals surface area contributed by atoms with Crippen LogP contribution in [0.15, 0.2) is 59.5 Å². The van der Waals surface area contributed by atoms with Gasteiger partial charge in [0.15, 0.2) is 0 Å². The summed E-state index contributed by atoms with van der Waals surface area (Å²) >= 11 is 0. The quantitative estimate of drug-likeness (QED) is 0.537. The second kappa shape index (κ2) is 8.62. The highest BCUT2D eigenvalue weighted by atomic mass is 32.2. The number of aryl methyl sites for hydroxylation is 1. The molecule has 0 N–H and O–H groups in total. The molecule has 2 aromatic carbocycles. The van der Waals surface area contributed by atoms with Crippen LogP contribution in [0, 0.1) is 13.5 Å². The zero-order valence-corrected chi connectivity index (χ0v) is 14.5. The summed E-state index contributed by atoms with van der Waals surface area (Å²) in [7, 11) is -3.62. The standard InChI is InChI=1S/C19H21NO3S/c1-16-10-12-18(13-11-16)24(21,22)19(20-2)9-6-14-23-15-17-7-4-3-5-8-17/h3-5,7-8,10-13,19H,6,9,14-15H2,1H3. The van der Waals surface area contributed by atoms with Gasteiger partial charge < -0.3 is 4.74 Å². The SMILES string of the molecule is [C-]#[N+]C(CCCOCc1ccccc1)S(=O)(=O)c1ccc(C)cc1. The third kappa shape index (κ3) is 4.92. The van der Waals surface area contributed by atoms with Crippen LogP contribution in [-0.2, 0) is 21.2 Å². The number of ether oxygens (including phenoxy) is 1. The van der Waals surface area contributed by atoms with Crippen molar-refractivity contribution in [2.24, 2.45) is 0 Å². The van der Waals surface area contributed by atoms with Crippen molar-refractivity contribution in [1.29, 1.82) is 0 Å². The van der Waals surface area contributed by atoms with E-state index in [1.165, 1.54) is 0 Å². The van der Waals surface area contributed by atoms with Gasteiger partial charge in [0, 0.05) is 13.0 Å². The van der Waals surface area contributed by atoms with Gasteiger partial charge in [-0.25, -0.2) is 15.0 Å². The molecule has 0 saturated carbocycles. The summed E-state index contributed by atoms with van der Waals surface area (Å²) in [4.78, 5) is 3.53. The van der Waals surface area contributed by atoms with Crippen LogP contribution in [-0.4, -0.2) is 20.4 Å². The molecule has 1 unspecified atom stereocenters. The van der Waals surface area contributed by atoms with Gasteiger partial charge in [-0.3, -0.25) is 4.85 Å². The molecule has 0 aliphatic rings. The molecule has 0 fully saturated rings. The first-order valence-corrected chi connectivity index (χ1v) is 9.37. The smallest absolute Gasteiger partial charge is 0.325 e. The van der Waals surface area contributed by atoms with Crippen molar-refractivity contribution >= 4 is 9.84 Å². The number of rotatable bonds is 8. The Morgan fingerprint density at radius 2 is 1.75 bits per heavy atom. The van der Waals surface area contributed by atoms with Crippen LogP contribution in [0.3, 0.4) is 0 Å². The summed E-state index contributed by atoms with van der Waals surface area (Å²) in [6, 6.07) is 16.4. The predicted octanol–water partition coefficient (Wildman–Crippen LogP) is 4.01. The lowest BCUT2D eigenvalue weighted by Crippen LogP contribution is -2.18. The molecule has 0 saturated heterocycles. The van der Waals surface area contributed by atoms with Crippen molar-refractivity contribution in [1.82, 2.24) is 0 Å². The van der Waals surface area contributed by atoms with E-state index in [0.29, 0.717) is 19.6 Å². The maximum absolute atomic E-state index is 12.5. The lowest BCUT2D eigenvalue weighted by atomic mass is 10.2. The van der Waals surface area contributed by atoms with Crippen LogP contribution in [0.4, 0.5) is 0 Å². The molecule has 2 rings (SSSR count). The average molecular weight is 343 g/mol. The van der Waals surface area contributed by atoms with Crippen molar-refractivity contribution in [2.45, 2.75) is 36.6 Å². The molecule has 2 aromatic rings. The second-order valence-corrected chi connectivity index (χ2v) is 7.73. The van der Waals surface area contributed by atoms with Crippen LogP contribution in [0.2, 0.25) is 0 Å². The summed E-state index contributed by atoms with van der Waals surface area (Å²) in [5, 5.41) is -1.06. The molecule has 4 nitrogen and oxygen atoms in total. The minimum atomic E-state index is -3.62. The fourth-order valence-corrected chi connectivity index (χ4v) is 3.74.